The Morgan fingerprint density at radius 1 is 1.12 bits per heavy atom. The molecule has 0 radical (unpaired) electrons. The van der Waals surface area contributed by atoms with Crippen LogP contribution in [0.25, 0.3) is 0 Å². The number of hydrogen-bond acceptors (Lipinski definition) is 7. The lowest BCUT2D eigenvalue weighted by Gasteiger charge is -2.36. The average Bonchev–Trinajstić information content (AvgIpc) is 3.15. The number of amides is 1. The molecule has 3 heterocycles. The fraction of sp³-hybridized carbons (Fsp3) is 0.500. The molecule has 0 aliphatic carbocycles. The molecule has 2 aromatic rings. The van der Waals surface area contributed by atoms with Crippen LogP contribution in [0, 0.1) is 0 Å². The predicted octanol–water partition coefficient (Wildman–Crippen LogP) is 1.12. The van der Waals surface area contributed by atoms with Crippen molar-refractivity contribution in [2.75, 3.05) is 32.8 Å². The highest BCUT2D eigenvalue weighted by molar-refractivity contribution is 5.82. The molecular formula is C18H22N4O4. The van der Waals surface area contributed by atoms with Crippen LogP contribution in [0.3, 0.4) is 0 Å². The van der Waals surface area contributed by atoms with E-state index in [0.717, 1.165) is 19.5 Å². The lowest BCUT2D eigenvalue weighted by Crippen LogP contribution is -2.53. The summed E-state index contributed by atoms with van der Waals surface area (Å²) in [7, 11) is 0. The van der Waals surface area contributed by atoms with Crippen LogP contribution in [-0.4, -0.2) is 64.8 Å². The third-order valence-corrected chi connectivity index (χ3v) is 4.64. The van der Waals surface area contributed by atoms with E-state index in [0.29, 0.717) is 42.9 Å². The van der Waals surface area contributed by atoms with E-state index in [9.17, 15) is 4.79 Å². The molecule has 138 valence electrons. The third-order valence-electron chi connectivity index (χ3n) is 4.64. The van der Waals surface area contributed by atoms with E-state index in [1.54, 1.807) is 0 Å². The summed E-state index contributed by atoms with van der Waals surface area (Å²) >= 11 is 0. The second-order valence-electron chi connectivity index (χ2n) is 6.41. The minimum absolute atomic E-state index is 0.0230. The molecule has 26 heavy (non-hydrogen) atoms. The van der Waals surface area contributed by atoms with E-state index in [1.807, 2.05) is 36.1 Å². The van der Waals surface area contributed by atoms with Gasteiger partial charge in [0.25, 0.3) is 5.91 Å². The van der Waals surface area contributed by atoms with Gasteiger partial charge in [-0.3, -0.25) is 9.69 Å². The smallest absolute Gasteiger partial charge is 0.267 e. The highest BCUT2D eigenvalue weighted by Crippen LogP contribution is 2.31. The van der Waals surface area contributed by atoms with E-state index >= 15 is 0 Å². The number of fused-ring (bicyclic) bond motifs is 1. The SMILES string of the molecule is CCc1nnc(CN2CCN(C(=O)[C@@H]3COc4ccccc4O3)CC2)o1. The number of hydrogen-bond donors (Lipinski definition) is 0. The number of ether oxygens (including phenoxy) is 2. The Morgan fingerprint density at radius 2 is 1.85 bits per heavy atom. The molecule has 1 atom stereocenters. The summed E-state index contributed by atoms with van der Waals surface area (Å²) in [5, 5.41) is 8.04. The number of rotatable bonds is 4. The molecular weight excluding hydrogens is 336 g/mol. The number of aryl methyl sites for hydroxylation is 1. The Labute approximate surface area is 151 Å². The Bertz CT molecular complexity index is 770. The summed E-state index contributed by atoms with van der Waals surface area (Å²) in [6, 6.07) is 7.42. The monoisotopic (exact) mass is 358 g/mol. The fourth-order valence-electron chi connectivity index (χ4n) is 3.16. The van der Waals surface area contributed by atoms with Gasteiger partial charge in [-0.15, -0.1) is 10.2 Å². The molecule has 1 aromatic heterocycles. The highest BCUT2D eigenvalue weighted by atomic mass is 16.6. The van der Waals surface area contributed by atoms with E-state index in [-0.39, 0.29) is 12.5 Å². The number of nitrogens with zero attached hydrogens (tertiary/aromatic N) is 4. The van der Waals surface area contributed by atoms with Crippen LogP contribution >= 0.6 is 0 Å². The minimum atomic E-state index is -0.584. The Balaban J connectivity index is 1.30. The van der Waals surface area contributed by atoms with Gasteiger partial charge in [0.15, 0.2) is 11.5 Å². The second kappa shape index (κ2) is 7.33. The van der Waals surface area contributed by atoms with E-state index in [1.165, 1.54) is 0 Å². The van der Waals surface area contributed by atoms with Crippen molar-refractivity contribution in [1.29, 1.82) is 0 Å². The number of aromatic nitrogens is 2. The summed E-state index contributed by atoms with van der Waals surface area (Å²) in [6.07, 6.45) is 0.154. The third kappa shape index (κ3) is 3.50. The van der Waals surface area contributed by atoms with Gasteiger partial charge in [0.2, 0.25) is 17.9 Å². The maximum absolute atomic E-state index is 12.7. The van der Waals surface area contributed by atoms with E-state index in [4.69, 9.17) is 13.9 Å². The molecule has 0 saturated carbocycles. The first-order chi connectivity index (χ1) is 12.7. The van der Waals surface area contributed by atoms with Gasteiger partial charge in [-0.25, -0.2) is 0 Å². The van der Waals surface area contributed by atoms with Gasteiger partial charge in [0.1, 0.15) is 6.61 Å². The fourth-order valence-corrected chi connectivity index (χ4v) is 3.16. The van der Waals surface area contributed by atoms with Crippen molar-refractivity contribution in [2.24, 2.45) is 0 Å². The molecule has 2 aliphatic heterocycles. The quantitative estimate of drug-likeness (QED) is 0.810. The van der Waals surface area contributed by atoms with Crippen molar-refractivity contribution < 1.29 is 18.7 Å². The number of para-hydroxylation sites is 2. The largest absolute Gasteiger partial charge is 0.485 e. The second-order valence-corrected chi connectivity index (χ2v) is 6.41. The predicted molar refractivity (Wildman–Crippen MR) is 91.9 cm³/mol. The van der Waals surface area contributed by atoms with Crippen LogP contribution in [0.5, 0.6) is 11.5 Å². The standard InChI is InChI=1S/C18H22N4O4/c1-2-16-19-20-17(26-16)11-21-7-9-22(10-8-21)18(23)15-12-24-13-5-3-4-6-14(13)25-15/h3-6,15H,2,7-12H2,1H3/t15-/m0/s1. The summed E-state index contributed by atoms with van der Waals surface area (Å²) < 4.78 is 17.0. The molecule has 1 fully saturated rings. The normalized spacial score (nSPS) is 20.2. The number of benzene rings is 1. The minimum Gasteiger partial charge on any atom is -0.485 e. The maximum atomic E-state index is 12.7. The van der Waals surface area contributed by atoms with Gasteiger partial charge in [-0.1, -0.05) is 19.1 Å². The van der Waals surface area contributed by atoms with Gasteiger partial charge in [0, 0.05) is 32.6 Å². The lowest BCUT2D eigenvalue weighted by molar-refractivity contribution is -0.143. The average molecular weight is 358 g/mol. The lowest BCUT2D eigenvalue weighted by atomic mass is 10.2. The molecule has 0 bridgehead atoms. The van der Waals surface area contributed by atoms with Crippen LogP contribution in [0.2, 0.25) is 0 Å². The van der Waals surface area contributed by atoms with Gasteiger partial charge in [-0.2, -0.15) is 0 Å². The van der Waals surface area contributed by atoms with Crippen molar-refractivity contribution in [3.05, 3.63) is 36.0 Å². The molecule has 0 spiro atoms. The molecule has 2 aliphatic rings. The maximum Gasteiger partial charge on any atom is 0.267 e. The molecule has 4 rings (SSSR count). The summed E-state index contributed by atoms with van der Waals surface area (Å²) in [6.45, 7) is 5.67. The summed E-state index contributed by atoms with van der Waals surface area (Å²) in [5.74, 6) is 2.57. The van der Waals surface area contributed by atoms with E-state index in [2.05, 4.69) is 15.1 Å². The van der Waals surface area contributed by atoms with Crippen LogP contribution in [0.1, 0.15) is 18.7 Å². The van der Waals surface area contributed by atoms with Gasteiger partial charge < -0.3 is 18.8 Å². The molecule has 0 unspecified atom stereocenters. The van der Waals surface area contributed by atoms with Crippen molar-refractivity contribution >= 4 is 5.91 Å². The van der Waals surface area contributed by atoms with E-state index < -0.39 is 6.10 Å². The first-order valence-corrected chi connectivity index (χ1v) is 8.94. The number of carbonyl (C=O) groups excluding carboxylic acids is 1. The van der Waals surface area contributed by atoms with Crippen LogP contribution < -0.4 is 9.47 Å². The topological polar surface area (TPSA) is 80.9 Å². The van der Waals surface area contributed by atoms with Gasteiger partial charge in [0.05, 0.1) is 6.54 Å². The first-order valence-electron chi connectivity index (χ1n) is 8.94. The van der Waals surface area contributed by atoms with Gasteiger partial charge >= 0.3 is 0 Å². The Morgan fingerprint density at radius 3 is 2.58 bits per heavy atom. The zero-order valence-corrected chi connectivity index (χ0v) is 14.8. The van der Waals surface area contributed by atoms with Crippen LogP contribution in [0.15, 0.2) is 28.7 Å². The van der Waals surface area contributed by atoms with Gasteiger partial charge in [-0.05, 0) is 12.1 Å². The molecule has 1 amide bonds. The van der Waals surface area contributed by atoms with Crippen LogP contribution in [0.4, 0.5) is 0 Å². The summed E-state index contributed by atoms with van der Waals surface area (Å²) in [4.78, 5) is 16.8. The molecule has 0 N–H and O–H groups in total. The molecule has 8 heteroatoms. The molecule has 1 aromatic carbocycles. The summed E-state index contributed by atoms with van der Waals surface area (Å²) in [5.41, 5.74) is 0. The Kier molecular flexibility index (Phi) is 4.75. The number of piperazine rings is 1. The van der Waals surface area contributed by atoms with Crippen LogP contribution in [-0.2, 0) is 17.8 Å². The van der Waals surface area contributed by atoms with Crippen molar-refractivity contribution in [1.82, 2.24) is 20.0 Å². The van der Waals surface area contributed by atoms with Crippen molar-refractivity contribution in [3.8, 4) is 11.5 Å². The molecule has 1 saturated heterocycles. The zero-order chi connectivity index (χ0) is 17.9. The molecule has 8 nitrogen and oxygen atoms in total. The Hall–Kier alpha value is -2.61. The number of carbonyl (C=O) groups is 1. The first kappa shape index (κ1) is 16.8. The van der Waals surface area contributed by atoms with Crippen molar-refractivity contribution in [3.63, 3.8) is 0 Å². The zero-order valence-electron chi connectivity index (χ0n) is 14.8. The highest BCUT2D eigenvalue weighted by Gasteiger charge is 2.32. The van der Waals surface area contributed by atoms with Crippen molar-refractivity contribution in [2.45, 2.75) is 26.0 Å².